The van der Waals surface area contributed by atoms with Crippen LogP contribution in [0.2, 0.25) is 0 Å². The fraction of sp³-hybridized carbons (Fsp3) is 0.185. The van der Waals surface area contributed by atoms with Gasteiger partial charge in [-0.3, -0.25) is 0 Å². The van der Waals surface area contributed by atoms with Gasteiger partial charge in [-0.15, -0.1) is 0 Å². The lowest BCUT2D eigenvalue weighted by Crippen LogP contribution is -2.11. The molecule has 4 heteroatoms. The van der Waals surface area contributed by atoms with Crippen LogP contribution in [0, 0.1) is 13.8 Å². The summed E-state index contributed by atoms with van der Waals surface area (Å²) in [5.74, 6) is -0.357. The number of benzene rings is 3. The standard InChI is InChI=1S/C27H26O4/c1-18(2)26(28)30-16-15-23-17-24(10-7-20(23)4)27(29)31-25-13-11-22(12-14-25)21-8-5-19(3)6-9-21/h5-14,17H,1,15-16H2,2-4H3. The Labute approximate surface area is 183 Å². The predicted molar refractivity (Wildman–Crippen MR) is 122 cm³/mol. The monoisotopic (exact) mass is 414 g/mol. The van der Waals surface area contributed by atoms with Gasteiger partial charge in [-0.1, -0.05) is 54.6 Å². The Morgan fingerprint density at radius 1 is 0.871 bits per heavy atom. The second-order valence-corrected chi connectivity index (χ2v) is 7.59. The molecule has 0 radical (unpaired) electrons. The number of hydrogen-bond acceptors (Lipinski definition) is 4. The SMILES string of the molecule is C=C(C)C(=O)OCCc1cc(C(=O)Oc2ccc(-c3ccc(C)cc3)cc2)ccc1C. The van der Waals surface area contributed by atoms with Crippen LogP contribution in [0.15, 0.2) is 78.9 Å². The first-order valence-corrected chi connectivity index (χ1v) is 10.1. The summed E-state index contributed by atoms with van der Waals surface area (Å²) < 4.78 is 10.7. The van der Waals surface area contributed by atoms with Gasteiger partial charge in [0, 0.05) is 12.0 Å². The lowest BCUT2D eigenvalue weighted by molar-refractivity contribution is -0.138. The molecule has 0 unspecified atom stereocenters. The minimum Gasteiger partial charge on any atom is -0.462 e. The number of aryl methyl sites for hydroxylation is 2. The van der Waals surface area contributed by atoms with E-state index >= 15 is 0 Å². The summed E-state index contributed by atoms with van der Waals surface area (Å²) in [6, 6.07) is 21.1. The molecule has 0 saturated carbocycles. The van der Waals surface area contributed by atoms with E-state index in [0.717, 1.165) is 22.3 Å². The number of esters is 2. The maximum Gasteiger partial charge on any atom is 0.343 e. The second-order valence-electron chi connectivity index (χ2n) is 7.59. The molecular formula is C27H26O4. The average molecular weight is 415 g/mol. The van der Waals surface area contributed by atoms with Crippen LogP contribution in [0.5, 0.6) is 5.75 Å². The molecule has 0 aliphatic carbocycles. The third kappa shape index (κ3) is 5.92. The summed E-state index contributed by atoms with van der Waals surface area (Å²) in [4.78, 5) is 24.2. The minimum absolute atomic E-state index is 0.228. The first-order chi connectivity index (χ1) is 14.8. The summed E-state index contributed by atoms with van der Waals surface area (Å²) in [6.07, 6.45) is 0.511. The van der Waals surface area contributed by atoms with Gasteiger partial charge in [-0.2, -0.15) is 0 Å². The molecule has 3 aromatic carbocycles. The first kappa shape index (κ1) is 22.0. The molecule has 0 saturated heterocycles. The molecule has 0 atom stereocenters. The topological polar surface area (TPSA) is 52.6 Å². The van der Waals surface area contributed by atoms with Crippen molar-refractivity contribution in [1.82, 2.24) is 0 Å². The van der Waals surface area contributed by atoms with Gasteiger partial charge in [0.2, 0.25) is 0 Å². The van der Waals surface area contributed by atoms with Crippen LogP contribution in [-0.2, 0) is 16.0 Å². The average Bonchev–Trinajstić information content (AvgIpc) is 2.76. The van der Waals surface area contributed by atoms with E-state index in [0.29, 0.717) is 23.3 Å². The molecule has 0 amide bonds. The largest absolute Gasteiger partial charge is 0.462 e. The Kier molecular flexibility index (Phi) is 7.03. The molecule has 0 bridgehead atoms. The summed E-state index contributed by atoms with van der Waals surface area (Å²) in [7, 11) is 0. The van der Waals surface area contributed by atoms with Crippen LogP contribution in [-0.4, -0.2) is 18.5 Å². The third-order valence-electron chi connectivity index (χ3n) is 4.99. The quantitative estimate of drug-likeness (QED) is 0.276. The highest BCUT2D eigenvalue weighted by Crippen LogP contribution is 2.23. The Morgan fingerprint density at radius 3 is 2.10 bits per heavy atom. The van der Waals surface area contributed by atoms with Crippen molar-refractivity contribution in [2.45, 2.75) is 27.2 Å². The number of hydrogen-bond donors (Lipinski definition) is 0. The molecule has 0 heterocycles. The summed E-state index contributed by atoms with van der Waals surface area (Å²) in [5, 5.41) is 0. The fourth-order valence-electron chi connectivity index (χ4n) is 3.07. The van der Waals surface area contributed by atoms with Crippen LogP contribution < -0.4 is 4.74 Å². The zero-order valence-corrected chi connectivity index (χ0v) is 18.1. The van der Waals surface area contributed by atoms with Gasteiger partial charge in [0.15, 0.2) is 0 Å². The van der Waals surface area contributed by atoms with E-state index in [1.807, 2.05) is 25.1 Å². The van der Waals surface area contributed by atoms with E-state index in [2.05, 4.69) is 37.8 Å². The molecule has 0 aliphatic heterocycles. The maximum absolute atomic E-state index is 12.6. The zero-order chi connectivity index (χ0) is 22.4. The van der Waals surface area contributed by atoms with Crippen molar-refractivity contribution in [3.05, 3.63) is 101 Å². The molecule has 3 aromatic rings. The molecule has 0 N–H and O–H groups in total. The smallest absolute Gasteiger partial charge is 0.343 e. The molecule has 0 aromatic heterocycles. The second kappa shape index (κ2) is 9.90. The van der Waals surface area contributed by atoms with E-state index in [1.165, 1.54) is 5.56 Å². The number of rotatable bonds is 7. The van der Waals surface area contributed by atoms with Gasteiger partial charge in [-0.05, 0) is 67.3 Å². The summed E-state index contributed by atoms with van der Waals surface area (Å²) in [6.45, 7) is 9.41. The molecule has 4 nitrogen and oxygen atoms in total. The van der Waals surface area contributed by atoms with Crippen molar-refractivity contribution in [3.8, 4) is 16.9 Å². The van der Waals surface area contributed by atoms with Gasteiger partial charge in [0.25, 0.3) is 0 Å². The van der Waals surface area contributed by atoms with E-state index in [4.69, 9.17) is 9.47 Å². The van der Waals surface area contributed by atoms with Gasteiger partial charge >= 0.3 is 11.9 Å². The normalized spacial score (nSPS) is 10.4. The summed E-state index contributed by atoms with van der Waals surface area (Å²) in [5.41, 5.74) is 6.14. The van der Waals surface area contributed by atoms with Crippen molar-refractivity contribution in [2.75, 3.05) is 6.61 Å². The Bertz CT molecular complexity index is 1090. The van der Waals surface area contributed by atoms with E-state index in [1.54, 1.807) is 31.2 Å². The number of ether oxygens (including phenoxy) is 2. The lowest BCUT2D eigenvalue weighted by atomic mass is 10.0. The van der Waals surface area contributed by atoms with Crippen molar-refractivity contribution < 1.29 is 19.1 Å². The molecular weight excluding hydrogens is 388 g/mol. The van der Waals surface area contributed by atoms with Gasteiger partial charge in [0.1, 0.15) is 5.75 Å². The predicted octanol–water partition coefficient (Wildman–Crippen LogP) is 5.85. The maximum atomic E-state index is 12.6. The van der Waals surface area contributed by atoms with Crippen molar-refractivity contribution in [3.63, 3.8) is 0 Å². The summed E-state index contributed by atoms with van der Waals surface area (Å²) >= 11 is 0. The van der Waals surface area contributed by atoms with Gasteiger partial charge in [0.05, 0.1) is 12.2 Å². The highest BCUT2D eigenvalue weighted by Gasteiger charge is 2.12. The molecule has 158 valence electrons. The van der Waals surface area contributed by atoms with Crippen LogP contribution in [0.3, 0.4) is 0 Å². The molecule has 3 rings (SSSR count). The van der Waals surface area contributed by atoms with Crippen molar-refractivity contribution in [2.24, 2.45) is 0 Å². The van der Waals surface area contributed by atoms with Crippen LogP contribution in [0.4, 0.5) is 0 Å². The van der Waals surface area contributed by atoms with Crippen LogP contribution >= 0.6 is 0 Å². The van der Waals surface area contributed by atoms with Crippen LogP contribution in [0.1, 0.15) is 34.0 Å². The highest BCUT2D eigenvalue weighted by atomic mass is 16.5. The van der Waals surface area contributed by atoms with Gasteiger partial charge < -0.3 is 9.47 Å². The highest BCUT2D eigenvalue weighted by molar-refractivity contribution is 5.91. The number of carbonyl (C=O) groups is 2. The Balaban J connectivity index is 1.65. The van der Waals surface area contributed by atoms with E-state index in [9.17, 15) is 9.59 Å². The number of carbonyl (C=O) groups excluding carboxylic acids is 2. The first-order valence-electron chi connectivity index (χ1n) is 10.1. The Hall–Kier alpha value is -3.66. The zero-order valence-electron chi connectivity index (χ0n) is 18.1. The minimum atomic E-state index is -0.428. The van der Waals surface area contributed by atoms with Crippen molar-refractivity contribution in [1.29, 1.82) is 0 Å². The van der Waals surface area contributed by atoms with Gasteiger partial charge in [-0.25, -0.2) is 9.59 Å². The van der Waals surface area contributed by atoms with E-state index < -0.39 is 11.9 Å². The third-order valence-corrected chi connectivity index (χ3v) is 4.99. The molecule has 0 fully saturated rings. The fourth-order valence-corrected chi connectivity index (χ4v) is 3.07. The molecule has 0 spiro atoms. The van der Waals surface area contributed by atoms with Crippen molar-refractivity contribution >= 4 is 11.9 Å². The Morgan fingerprint density at radius 2 is 1.48 bits per heavy atom. The molecule has 31 heavy (non-hydrogen) atoms. The van der Waals surface area contributed by atoms with E-state index in [-0.39, 0.29) is 6.61 Å². The lowest BCUT2D eigenvalue weighted by Gasteiger charge is -2.10. The van der Waals surface area contributed by atoms with Crippen LogP contribution in [0.25, 0.3) is 11.1 Å². The molecule has 0 aliphatic rings.